The normalized spacial score (nSPS) is 22.5. The molecule has 26 heavy (non-hydrogen) atoms. The van der Waals surface area contributed by atoms with Crippen molar-refractivity contribution >= 4 is 23.9 Å². The third-order valence-electron chi connectivity index (χ3n) is 4.87. The fourth-order valence-corrected chi connectivity index (χ4v) is 3.44. The molecule has 3 rings (SSSR count). The number of allylic oxidation sites excluding steroid dienone is 2. The molecule has 136 valence electrons. The van der Waals surface area contributed by atoms with E-state index in [1.54, 1.807) is 30.3 Å². The van der Waals surface area contributed by atoms with Gasteiger partial charge in [-0.2, -0.15) is 0 Å². The number of hydrogen-bond donors (Lipinski definition) is 1. The minimum Gasteiger partial charge on any atom is -0.465 e. The first-order chi connectivity index (χ1) is 12.5. The number of fused-ring (bicyclic) bond motifs is 1. The van der Waals surface area contributed by atoms with E-state index >= 15 is 0 Å². The zero-order valence-electron chi connectivity index (χ0n) is 14.6. The first kappa shape index (κ1) is 18.1. The van der Waals surface area contributed by atoms with Gasteiger partial charge in [0.05, 0.1) is 37.7 Å². The molecule has 1 heterocycles. The number of methoxy groups -OCH3 is 1. The van der Waals surface area contributed by atoms with Gasteiger partial charge in [0, 0.05) is 0 Å². The summed E-state index contributed by atoms with van der Waals surface area (Å²) >= 11 is 0. The van der Waals surface area contributed by atoms with Crippen LogP contribution in [0.3, 0.4) is 0 Å². The number of carbonyl (C=O) groups excluding carboxylic acids is 3. The van der Waals surface area contributed by atoms with E-state index < -0.39 is 5.97 Å². The van der Waals surface area contributed by atoms with Crippen LogP contribution in [0.4, 0.5) is 0 Å². The summed E-state index contributed by atoms with van der Waals surface area (Å²) in [6.07, 6.45) is 6.81. The fraction of sp³-hybridized carbons (Fsp3) is 0.350. The van der Waals surface area contributed by atoms with Crippen LogP contribution in [0.15, 0.2) is 42.0 Å². The molecule has 1 aromatic rings. The van der Waals surface area contributed by atoms with Crippen molar-refractivity contribution in [2.75, 3.05) is 20.3 Å². The summed E-state index contributed by atoms with van der Waals surface area (Å²) in [5.41, 5.74) is 1.75. The summed E-state index contributed by atoms with van der Waals surface area (Å²) in [6, 6.07) is 6.69. The summed E-state index contributed by atoms with van der Waals surface area (Å²) in [5, 5.41) is 9.66. The standard InChI is InChI=1S/C20H21NO5/c1-26-20(25)15-8-6-13(7-9-15)10-14(12-22)11-21-18(23)16-4-2-3-5-17(16)19(21)24/h2-3,6-10,16-17,22H,4-5,11-12H2,1H3/b14-10-. The molecular weight excluding hydrogens is 334 g/mol. The lowest BCUT2D eigenvalue weighted by atomic mass is 9.85. The smallest absolute Gasteiger partial charge is 0.337 e. The maximum absolute atomic E-state index is 12.5. The van der Waals surface area contributed by atoms with Crippen molar-refractivity contribution in [1.82, 2.24) is 4.90 Å². The minimum atomic E-state index is -0.424. The number of aliphatic hydroxyl groups excluding tert-OH is 1. The van der Waals surface area contributed by atoms with Crippen LogP contribution in [0, 0.1) is 11.8 Å². The van der Waals surface area contributed by atoms with Crippen molar-refractivity contribution in [3.63, 3.8) is 0 Å². The van der Waals surface area contributed by atoms with Gasteiger partial charge in [0.25, 0.3) is 0 Å². The molecule has 2 amide bonds. The zero-order chi connectivity index (χ0) is 18.7. The Bertz CT molecular complexity index is 752. The molecule has 2 atom stereocenters. The second-order valence-corrected chi connectivity index (χ2v) is 6.49. The SMILES string of the molecule is COC(=O)c1ccc(/C=C(\CO)CN2C(=O)C3CC=CCC3C2=O)cc1. The van der Waals surface area contributed by atoms with Crippen molar-refractivity contribution in [3.05, 3.63) is 53.1 Å². The van der Waals surface area contributed by atoms with E-state index in [0.717, 1.165) is 5.56 Å². The van der Waals surface area contributed by atoms with Gasteiger partial charge in [-0.05, 0) is 36.1 Å². The van der Waals surface area contributed by atoms with Crippen LogP contribution in [-0.2, 0) is 14.3 Å². The van der Waals surface area contributed by atoms with E-state index in [0.29, 0.717) is 24.0 Å². The maximum atomic E-state index is 12.5. The molecule has 6 nitrogen and oxygen atoms in total. The van der Waals surface area contributed by atoms with Gasteiger partial charge in [0.15, 0.2) is 0 Å². The number of imide groups is 1. The van der Waals surface area contributed by atoms with E-state index in [4.69, 9.17) is 0 Å². The van der Waals surface area contributed by atoms with E-state index in [1.807, 2.05) is 12.2 Å². The quantitative estimate of drug-likeness (QED) is 0.495. The number of amides is 2. The number of rotatable bonds is 5. The summed E-state index contributed by atoms with van der Waals surface area (Å²) in [4.78, 5) is 37.8. The Kier molecular flexibility index (Phi) is 5.32. The van der Waals surface area contributed by atoms with Gasteiger partial charge in [0.1, 0.15) is 0 Å². The Morgan fingerprint density at radius 2 is 1.73 bits per heavy atom. The predicted molar refractivity (Wildman–Crippen MR) is 94.9 cm³/mol. The third-order valence-corrected chi connectivity index (χ3v) is 4.87. The van der Waals surface area contributed by atoms with Gasteiger partial charge in [-0.15, -0.1) is 0 Å². The number of ether oxygens (including phenoxy) is 1. The summed E-state index contributed by atoms with van der Waals surface area (Å²) in [6.45, 7) is -0.177. The summed E-state index contributed by atoms with van der Waals surface area (Å²) in [5.74, 6) is -1.29. The lowest BCUT2D eigenvalue weighted by Gasteiger charge is -2.16. The molecule has 1 aliphatic carbocycles. The van der Waals surface area contributed by atoms with E-state index in [9.17, 15) is 19.5 Å². The Balaban J connectivity index is 1.75. The highest BCUT2D eigenvalue weighted by molar-refractivity contribution is 6.05. The molecule has 2 unspecified atom stereocenters. The van der Waals surface area contributed by atoms with E-state index in [2.05, 4.69) is 4.74 Å². The zero-order valence-corrected chi connectivity index (χ0v) is 14.6. The van der Waals surface area contributed by atoms with Crippen molar-refractivity contribution in [2.45, 2.75) is 12.8 Å². The Morgan fingerprint density at radius 1 is 1.15 bits per heavy atom. The van der Waals surface area contributed by atoms with Gasteiger partial charge in [-0.1, -0.05) is 30.4 Å². The van der Waals surface area contributed by atoms with Crippen molar-refractivity contribution < 1.29 is 24.2 Å². The molecule has 0 radical (unpaired) electrons. The molecule has 1 fully saturated rings. The Morgan fingerprint density at radius 3 is 2.23 bits per heavy atom. The van der Waals surface area contributed by atoms with Crippen molar-refractivity contribution in [2.24, 2.45) is 11.8 Å². The van der Waals surface area contributed by atoms with Crippen molar-refractivity contribution in [1.29, 1.82) is 0 Å². The predicted octanol–water partition coefficient (Wildman–Crippen LogP) is 1.80. The first-order valence-electron chi connectivity index (χ1n) is 8.54. The Hall–Kier alpha value is -2.73. The second-order valence-electron chi connectivity index (χ2n) is 6.49. The number of benzene rings is 1. The van der Waals surface area contributed by atoms with Crippen LogP contribution in [-0.4, -0.2) is 48.1 Å². The highest BCUT2D eigenvalue weighted by Gasteiger charge is 2.47. The van der Waals surface area contributed by atoms with Gasteiger partial charge >= 0.3 is 5.97 Å². The lowest BCUT2D eigenvalue weighted by Crippen LogP contribution is -2.33. The number of esters is 1. The summed E-state index contributed by atoms with van der Waals surface area (Å²) < 4.78 is 4.66. The number of carbonyl (C=O) groups is 3. The van der Waals surface area contributed by atoms with Gasteiger partial charge in [-0.3, -0.25) is 14.5 Å². The molecule has 1 aromatic carbocycles. The maximum Gasteiger partial charge on any atom is 0.337 e. The first-order valence-corrected chi connectivity index (χ1v) is 8.54. The summed E-state index contributed by atoms with van der Waals surface area (Å²) in [7, 11) is 1.32. The van der Waals surface area contributed by atoms with Crippen LogP contribution < -0.4 is 0 Å². The molecule has 1 aliphatic heterocycles. The molecule has 2 aliphatic rings. The number of nitrogens with zero attached hydrogens (tertiary/aromatic N) is 1. The minimum absolute atomic E-state index is 0.0833. The molecule has 6 heteroatoms. The van der Waals surface area contributed by atoms with Crippen LogP contribution in [0.2, 0.25) is 0 Å². The highest BCUT2D eigenvalue weighted by atomic mass is 16.5. The van der Waals surface area contributed by atoms with Crippen LogP contribution in [0.1, 0.15) is 28.8 Å². The molecule has 1 N–H and O–H groups in total. The molecule has 0 aromatic heterocycles. The molecule has 1 saturated heterocycles. The number of aliphatic hydroxyl groups is 1. The molecule has 0 bridgehead atoms. The average molecular weight is 355 g/mol. The van der Waals surface area contributed by atoms with Gasteiger partial charge < -0.3 is 9.84 Å². The molecule has 0 saturated carbocycles. The second kappa shape index (κ2) is 7.66. The van der Waals surface area contributed by atoms with Gasteiger partial charge in [0.2, 0.25) is 11.8 Å². The number of hydrogen-bond acceptors (Lipinski definition) is 5. The molecular formula is C20H21NO5. The van der Waals surface area contributed by atoms with Crippen LogP contribution >= 0.6 is 0 Å². The third kappa shape index (κ3) is 3.46. The number of likely N-dealkylation sites (tertiary alicyclic amines) is 1. The Labute approximate surface area is 151 Å². The van der Waals surface area contributed by atoms with Crippen LogP contribution in [0.25, 0.3) is 6.08 Å². The largest absolute Gasteiger partial charge is 0.465 e. The molecule has 0 spiro atoms. The van der Waals surface area contributed by atoms with Crippen LogP contribution in [0.5, 0.6) is 0 Å². The van der Waals surface area contributed by atoms with Gasteiger partial charge in [-0.25, -0.2) is 4.79 Å². The fourth-order valence-electron chi connectivity index (χ4n) is 3.44. The lowest BCUT2D eigenvalue weighted by molar-refractivity contribution is -0.139. The average Bonchev–Trinajstić information content (AvgIpc) is 2.92. The highest BCUT2D eigenvalue weighted by Crippen LogP contribution is 2.35. The monoisotopic (exact) mass is 355 g/mol. The topological polar surface area (TPSA) is 83.9 Å². The van der Waals surface area contributed by atoms with E-state index in [-0.39, 0.29) is 36.8 Å². The van der Waals surface area contributed by atoms with Crippen molar-refractivity contribution in [3.8, 4) is 0 Å². The van der Waals surface area contributed by atoms with E-state index in [1.165, 1.54) is 12.0 Å².